The summed E-state index contributed by atoms with van der Waals surface area (Å²) in [7, 11) is 3.92. The summed E-state index contributed by atoms with van der Waals surface area (Å²) in [6.45, 7) is 3.68. The van der Waals surface area contributed by atoms with Crippen molar-refractivity contribution < 1.29 is 13.6 Å². The normalized spacial score (nSPS) is 13.7. The van der Waals surface area contributed by atoms with Gasteiger partial charge in [0.05, 0.1) is 0 Å². The Balaban J connectivity index is 1.95. The van der Waals surface area contributed by atoms with E-state index in [1.54, 1.807) is 6.07 Å². The lowest BCUT2D eigenvalue weighted by atomic mass is 9.95. The quantitative estimate of drug-likeness (QED) is 0.841. The SMILES string of the molecule is Cc1c2c(n(Cc3ccc(F)c(F)c3)c1C(=O)NCCN(C)C)CCCC2. The highest BCUT2D eigenvalue weighted by Gasteiger charge is 2.26. The number of aromatic nitrogens is 1. The van der Waals surface area contributed by atoms with Crippen molar-refractivity contribution in [1.29, 1.82) is 0 Å². The molecule has 1 amide bonds. The molecule has 3 rings (SSSR count). The number of carbonyl (C=O) groups excluding carboxylic acids is 1. The lowest BCUT2D eigenvalue weighted by molar-refractivity contribution is 0.0941. The molecule has 2 aromatic rings. The van der Waals surface area contributed by atoms with Crippen LogP contribution in [-0.4, -0.2) is 42.6 Å². The van der Waals surface area contributed by atoms with Crippen LogP contribution in [0.15, 0.2) is 18.2 Å². The molecule has 0 atom stereocenters. The van der Waals surface area contributed by atoms with Crippen molar-refractivity contribution in [2.24, 2.45) is 0 Å². The number of nitrogens with one attached hydrogen (secondary N) is 1. The van der Waals surface area contributed by atoms with Crippen molar-refractivity contribution >= 4 is 5.91 Å². The Morgan fingerprint density at radius 3 is 2.63 bits per heavy atom. The number of hydrogen-bond acceptors (Lipinski definition) is 2. The van der Waals surface area contributed by atoms with Crippen LogP contribution in [0.4, 0.5) is 8.78 Å². The standard InChI is InChI=1S/C21H27F2N3O/c1-14-16-6-4-5-7-19(16)26(13-15-8-9-17(22)18(23)12-15)20(14)21(27)24-10-11-25(2)3/h8-9,12H,4-7,10-11,13H2,1-3H3,(H,24,27). The molecule has 1 aromatic carbocycles. The Hall–Kier alpha value is -2.21. The Labute approximate surface area is 159 Å². The summed E-state index contributed by atoms with van der Waals surface area (Å²) in [5.41, 5.74) is 4.70. The zero-order valence-corrected chi connectivity index (χ0v) is 16.2. The molecule has 0 saturated heterocycles. The largest absolute Gasteiger partial charge is 0.349 e. The zero-order valence-electron chi connectivity index (χ0n) is 16.2. The van der Waals surface area contributed by atoms with Crippen molar-refractivity contribution in [3.8, 4) is 0 Å². The van der Waals surface area contributed by atoms with E-state index in [0.717, 1.165) is 49.6 Å². The molecule has 1 aromatic heterocycles. The number of nitrogens with zero attached hydrogens (tertiary/aromatic N) is 2. The lowest BCUT2D eigenvalue weighted by Gasteiger charge is -2.17. The average molecular weight is 375 g/mol. The van der Waals surface area contributed by atoms with Crippen molar-refractivity contribution in [3.05, 3.63) is 57.9 Å². The molecule has 0 fully saturated rings. The van der Waals surface area contributed by atoms with Crippen molar-refractivity contribution in [1.82, 2.24) is 14.8 Å². The van der Waals surface area contributed by atoms with Gasteiger partial charge < -0.3 is 14.8 Å². The Bertz CT molecular complexity index is 842. The second-order valence-electron chi connectivity index (χ2n) is 7.50. The maximum absolute atomic E-state index is 13.7. The molecule has 1 aliphatic carbocycles. The first-order chi connectivity index (χ1) is 12.9. The summed E-state index contributed by atoms with van der Waals surface area (Å²) in [5.74, 6) is -1.82. The molecule has 1 heterocycles. The molecule has 146 valence electrons. The van der Waals surface area contributed by atoms with Gasteiger partial charge in [-0.1, -0.05) is 6.07 Å². The van der Waals surface area contributed by atoms with Crippen LogP contribution in [0.3, 0.4) is 0 Å². The number of likely N-dealkylation sites (N-methyl/N-ethyl adjacent to an activating group) is 1. The number of amides is 1. The molecule has 0 bridgehead atoms. The number of rotatable bonds is 6. The van der Waals surface area contributed by atoms with E-state index < -0.39 is 11.6 Å². The van der Waals surface area contributed by atoms with Crippen LogP contribution in [-0.2, 0) is 19.4 Å². The topological polar surface area (TPSA) is 37.3 Å². The summed E-state index contributed by atoms with van der Waals surface area (Å²) in [4.78, 5) is 14.9. The highest BCUT2D eigenvalue weighted by Crippen LogP contribution is 2.30. The maximum Gasteiger partial charge on any atom is 0.268 e. The third-order valence-electron chi connectivity index (χ3n) is 5.23. The zero-order chi connectivity index (χ0) is 19.6. The predicted octanol–water partition coefficient (Wildman–Crippen LogP) is 3.29. The van der Waals surface area contributed by atoms with Crippen molar-refractivity contribution in [3.63, 3.8) is 0 Å². The number of halogens is 2. The lowest BCUT2D eigenvalue weighted by Crippen LogP contribution is -2.33. The molecular formula is C21H27F2N3O. The van der Waals surface area contributed by atoms with Gasteiger partial charge in [0.1, 0.15) is 5.69 Å². The molecular weight excluding hydrogens is 348 g/mol. The molecule has 6 heteroatoms. The minimum atomic E-state index is -0.859. The van der Waals surface area contributed by atoms with Crippen LogP contribution in [0.25, 0.3) is 0 Å². The number of hydrogen-bond donors (Lipinski definition) is 1. The van der Waals surface area contributed by atoms with E-state index in [-0.39, 0.29) is 5.91 Å². The Kier molecular flexibility index (Phi) is 5.95. The fourth-order valence-corrected chi connectivity index (χ4v) is 3.84. The number of carbonyl (C=O) groups is 1. The van der Waals surface area contributed by atoms with Gasteiger partial charge in [0.2, 0.25) is 0 Å². The Morgan fingerprint density at radius 2 is 1.93 bits per heavy atom. The van der Waals surface area contributed by atoms with Gasteiger partial charge in [-0.15, -0.1) is 0 Å². The summed E-state index contributed by atoms with van der Waals surface area (Å²) in [6, 6.07) is 3.94. The first kappa shape index (κ1) is 19.5. The van der Waals surface area contributed by atoms with E-state index in [2.05, 4.69) is 5.32 Å². The predicted molar refractivity (Wildman–Crippen MR) is 102 cm³/mol. The monoisotopic (exact) mass is 375 g/mol. The first-order valence-electron chi connectivity index (χ1n) is 9.46. The van der Waals surface area contributed by atoms with Crippen LogP contribution < -0.4 is 5.32 Å². The van der Waals surface area contributed by atoms with Gasteiger partial charge in [-0.05, 0) is 75.5 Å². The van der Waals surface area contributed by atoms with Crippen LogP contribution in [0.2, 0.25) is 0 Å². The van der Waals surface area contributed by atoms with Gasteiger partial charge in [0, 0.05) is 25.3 Å². The van der Waals surface area contributed by atoms with E-state index in [4.69, 9.17) is 0 Å². The molecule has 0 spiro atoms. The van der Waals surface area contributed by atoms with Crippen LogP contribution in [0.1, 0.15) is 45.7 Å². The molecule has 0 aliphatic heterocycles. The van der Waals surface area contributed by atoms with E-state index in [1.165, 1.54) is 11.6 Å². The van der Waals surface area contributed by atoms with Crippen molar-refractivity contribution in [2.45, 2.75) is 39.2 Å². The van der Waals surface area contributed by atoms with Crippen LogP contribution >= 0.6 is 0 Å². The second kappa shape index (κ2) is 8.21. The van der Waals surface area contributed by atoms with E-state index >= 15 is 0 Å². The number of fused-ring (bicyclic) bond motifs is 1. The molecule has 0 unspecified atom stereocenters. The molecule has 0 saturated carbocycles. The fraction of sp³-hybridized carbons (Fsp3) is 0.476. The molecule has 27 heavy (non-hydrogen) atoms. The van der Waals surface area contributed by atoms with Gasteiger partial charge in [0.15, 0.2) is 11.6 Å². The molecule has 4 nitrogen and oxygen atoms in total. The molecule has 0 radical (unpaired) electrons. The summed E-state index contributed by atoms with van der Waals surface area (Å²) in [5, 5.41) is 2.99. The van der Waals surface area contributed by atoms with E-state index in [0.29, 0.717) is 24.3 Å². The van der Waals surface area contributed by atoms with Gasteiger partial charge >= 0.3 is 0 Å². The first-order valence-corrected chi connectivity index (χ1v) is 9.46. The second-order valence-corrected chi connectivity index (χ2v) is 7.50. The summed E-state index contributed by atoms with van der Waals surface area (Å²) < 4.78 is 28.9. The van der Waals surface area contributed by atoms with E-state index in [1.807, 2.05) is 30.5 Å². The fourth-order valence-electron chi connectivity index (χ4n) is 3.84. The van der Waals surface area contributed by atoms with Crippen molar-refractivity contribution in [2.75, 3.05) is 27.2 Å². The van der Waals surface area contributed by atoms with Gasteiger partial charge in [-0.3, -0.25) is 4.79 Å². The van der Waals surface area contributed by atoms with Crippen LogP contribution in [0.5, 0.6) is 0 Å². The highest BCUT2D eigenvalue weighted by atomic mass is 19.2. The van der Waals surface area contributed by atoms with Crippen LogP contribution in [0, 0.1) is 18.6 Å². The number of benzene rings is 1. The summed E-state index contributed by atoms with van der Waals surface area (Å²) >= 11 is 0. The highest BCUT2D eigenvalue weighted by molar-refractivity contribution is 5.95. The van der Waals surface area contributed by atoms with Gasteiger partial charge in [-0.25, -0.2) is 8.78 Å². The van der Waals surface area contributed by atoms with Gasteiger partial charge in [-0.2, -0.15) is 0 Å². The van der Waals surface area contributed by atoms with E-state index in [9.17, 15) is 13.6 Å². The minimum absolute atomic E-state index is 0.105. The third-order valence-corrected chi connectivity index (χ3v) is 5.23. The smallest absolute Gasteiger partial charge is 0.268 e. The Morgan fingerprint density at radius 1 is 1.19 bits per heavy atom. The van der Waals surface area contributed by atoms with Gasteiger partial charge in [0.25, 0.3) is 5.91 Å². The third kappa shape index (κ3) is 4.21. The minimum Gasteiger partial charge on any atom is -0.349 e. The summed E-state index contributed by atoms with van der Waals surface area (Å²) in [6.07, 6.45) is 4.06. The molecule has 1 N–H and O–H groups in total. The molecule has 1 aliphatic rings. The maximum atomic E-state index is 13.7. The average Bonchev–Trinajstić information content (AvgIpc) is 2.90.